The van der Waals surface area contributed by atoms with E-state index in [0.29, 0.717) is 27.3 Å². The summed E-state index contributed by atoms with van der Waals surface area (Å²) in [6, 6.07) is 21.9. The van der Waals surface area contributed by atoms with Gasteiger partial charge in [0, 0.05) is 63.6 Å². The smallest absolute Gasteiger partial charge is 0.305 e. The molecule has 0 fully saturated rings. The van der Waals surface area contributed by atoms with Gasteiger partial charge in [0.05, 0.1) is 22.6 Å². The van der Waals surface area contributed by atoms with Gasteiger partial charge >= 0.3 is 5.97 Å². The van der Waals surface area contributed by atoms with Crippen molar-refractivity contribution in [2.75, 3.05) is 5.75 Å². The SMILES string of the molecule is CCCCCC#CCCCCCS(=O)c1cc(-c2cn(CCC(=O)O)cc(-c3ccc(Cc4ccccc4)cc3Br)c2=O)cc(C(Cl)CCC)c1. The minimum absolute atomic E-state index is 0.0983. The van der Waals surface area contributed by atoms with Crippen molar-refractivity contribution in [3.05, 3.63) is 111 Å². The molecule has 0 bridgehead atoms. The highest BCUT2D eigenvalue weighted by Crippen LogP contribution is 2.34. The first-order valence-electron chi connectivity index (χ1n) is 18.1. The predicted octanol–water partition coefficient (Wildman–Crippen LogP) is 11.3. The summed E-state index contributed by atoms with van der Waals surface area (Å²) >= 11 is 10.6. The van der Waals surface area contributed by atoms with Crippen LogP contribution in [-0.2, 0) is 28.6 Å². The number of carbonyl (C=O) groups is 1. The molecule has 0 spiro atoms. The third-order valence-corrected chi connectivity index (χ3v) is 11.4. The monoisotopic (exact) mass is 789 g/mol. The number of rotatable bonds is 19. The Morgan fingerprint density at radius 2 is 1.59 bits per heavy atom. The van der Waals surface area contributed by atoms with Crippen molar-refractivity contribution < 1.29 is 14.1 Å². The quantitative estimate of drug-likeness (QED) is 0.0583. The molecule has 0 saturated heterocycles. The molecule has 2 atom stereocenters. The van der Waals surface area contributed by atoms with Crippen LogP contribution in [0.2, 0.25) is 0 Å². The van der Waals surface area contributed by atoms with Crippen molar-refractivity contribution in [2.24, 2.45) is 0 Å². The number of carboxylic acid groups (broad SMARTS) is 1. The number of alkyl halides is 1. The summed E-state index contributed by atoms with van der Waals surface area (Å²) in [7, 11) is -1.29. The maximum atomic E-state index is 14.4. The van der Waals surface area contributed by atoms with Crippen molar-refractivity contribution in [1.29, 1.82) is 0 Å². The highest BCUT2D eigenvalue weighted by Gasteiger charge is 2.19. The van der Waals surface area contributed by atoms with E-state index in [2.05, 4.69) is 53.8 Å². The Bertz CT molecular complexity index is 1900. The van der Waals surface area contributed by atoms with Crippen LogP contribution in [0.4, 0.5) is 0 Å². The highest BCUT2D eigenvalue weighted by molar-refractivity contribution is 9.10. The van der Waals surface area contributed by atoms with E-state index in [1.54, 1.807) is 17.0 Å². The molecule has 0 aliphatic heterocycles. The standard InChI is InChI=1S/C43H49BrClNO4S/c1-3-5-6-7-8-9-10-11-12-16-24-51(50)36-28-34(27-35(29-36)41(45)17-4-2)38-30-46(23-22-42(47)48)31-39(43(38)49)37-21-20-33(26-40(37)44)25-32-18-14-13-15-19-32/h13-15,18-21,26-31,41H,3-7,10-12,16-17,22-25H2,1-2H3,(H,47,48). The molecule has 0 amide bonds. The summed E-state index contributed by atoms with van der Waals surface area (Å²) < 4.78 is 16.3. The normalized spacial score (nSPS) is 12.2. The topological polar surface area (TPSA) is 76.4 Å². The van der Waals surface area contributed by atoms with E-state index in [0.717, 1.165) is 79.0 Å². The lowest BCUT2D eigenvalue weighted by molar-refractivity contribution is -0.137. The molecule has 1 aromatic heterocycles. The Balaban J connectivity index is 1.66. The highest BCUT2D eigenvalue weighted by atomic mass is 79.9. The van der Waals surface area contributed by atoms with Gasteiger partial charge in [-0.3, -0.25) is 13.8 Å². The fourth-order valence-electron chi connectivity index (χ4n) is 5.99. The number of hydrogen-bond acceptors (Lipinski definition) is 3. The number of pyridine rings is 1. The van der Waals surface area contributed by atoms with Crippen molar-refractivity contribution in [3.63, 3.8) is 0 Å². The number of aromatic nitrogens is 1. The van der Waals surface area contributed by atoms with E-state index in [1.807, 2.05) is 54.6 Å². The van der Waals surface area contributed by atoms with Crippen molar-refractivity contribution >= 4 is 44.3 Å². The van der Waals surface area contributed by atoms with E-state index in [-0.39, 0.29) is 23.8 Å². The molecular weight excluding hydrogens is 742 g/mol. The largest absolute Gasteiger partial charge is 0.481 e. The lowest BCUT2D eigenvalue weighted by atomic mass is 9.96. The molecule has 8 heteroatoms. The van der Waals surface area contributed by atoms with Crippen LogP contribution >= 0.6 is 27.5 Å². The molecule has 0 saturated carbocycles. The summed E-state index contributed by atoms with van der Waals surface area (Å²) in [5, 5.41) is 9.18. The first-order chi connectivity index (χ1) is 24.7. The van der Waals surface area contributed by atoms with Gasteiger partial charge in [-0.05, 0) is 78.6 Å². The second-order valence-electron chi connectivity index (χ2n) is 13.0. The molecule has 3 aromatic carbocycles. The Labute approximate surface area is 319 Å². The number of nitrogens with zero attached hydrogens (tertiary/aromatic N) is 1. The minimum Gasteiger partial charge on any atom is -0.481 e. The Morgan fingerprint density at radius 1 is 0.863 bits per heavy atom. The van der Waals surface area contributed by atoms with Gasteiger partial charge < -0.3 is 9.67 Å². The van der Waals surface area contributed by atoms with Gasteiger partial charge in [-0.1, -0.05) is 97.9 Å². The average Bonchev–Trinajstić information content (AvgIpc) is 3.12. The fourth-order valence-corrected chi connectivity index (χ4v) is 8.20. The summed E-state index contributed by atoms with van der Waals surface area (Å²) in [5.41, 5.74) is 5.13. The lowest BCUT2D eigenvalue weighted by Crippen LogP contribution is -2.15. The first kappa shape index (κ1) is 40.3. The molecule has 5 nitrogen and oxygen atoms in total. The Hall–Kier alpha value is -3.44. The van der Waals surface area contributed by atoms with Crippen molar-refractivity contribution in [3.8, 4) is 34.1 Å². The summed E-state index contributed by atoms with van der Waals surface area (Å²) in [5.74, 6) is 6.12. The molecule has 51 heavy (non-hydrogen) atoms. The number of carboxylic acids is 1. The van der Waals surface area contributed by atoms with Crippen LogP contribution in [0.5, 0.6) is 0 Å². The van der Waals surface area contributed by atoms with Crippen LogP contribution in [0.25, 0.3) is 22.3 Å². The molecular formula is C43H49BrClNO4S. The van der Waals surface area contributed by atoms with Crippen molar-refractivity contribution in [2.45, 2.75) is 108 Å². The average molecular weight is 791 g/mol. The van der Waals surface area contributed by atoms with Gasteiger partial charge in [0.25, 0.3) is 0 Å². The molecule has 2 unspecified atom stereocenters. The molecule has 270 valence electrons. The number of aliphatic carboxylic acids is 1. The fraction of sp³-hybridized carbons (Fsp3) is 0.395. The number of unbranched alkanes of at least 4 members (excludes halogenated alkanes) is 6. The third-order valence-electron chi connectivity index (χ3n) is 8.81. The van der Waals surface area contributed by atoms with Crippen LogP contribution < -0.4 is 5.43 Å². The van der Waals surface area contributed by atoms with E-state index in [1.165, 1.54) is 18.4 Å². The van der Waals surface area contributed by atoms with Gasteiger partial charge in [-0.25, -0.2) is 0 Å². The zero-order chi connectivity index (χ0) is 36.6. The molecule has 1 N–H and O–H groups in total. The molecule has 0 aliphatic carbocycles. The maximum absolute atomic E-state index is 14.4. The lowest BCUT2D eigenvalue weighted by Gasteiger charge is -2.16. The molecule has 4 rings (SSSR count). The third kappa shape index (κ3) is 12.6. The minimum atomic E-state index is -1.29. The second kappa shape index (κ2) is 21.2. The van der Waals surface area contributed by atoms with Gasteiger partial charge in [0.15, 0.2) is 5.43 Å². The van der Waals surface area contributed by atoms with E-state index >= 15 is 0 Å². The Kier molecular flexibility index (Phi) is 16.7. The van der Waals surface area contributed by atoms with E-state index in [4.69, 9.17) is 11.6 Å². The van der Waals surface area contributed by atoms with Gasteiger partial charge in [-0.15, -0.1) is 23.4 Å². The number of benzene rings is 3. The number of aryl methyl sites for hydroxylation is 1. The second-order valence-corrected chi connectivity index (χ2v) is 15.9. The molecule has 1 heterocycles. The van der Waals surface area contributed by atoms with E-state index in [9.17, 15) is 18.9 Å². The summed E-state index contributed by atoms with van der Waals surface area (Å²) in [6.07, 6.45) is 13.9. The summed E-state index contributed by atoms with van der Waals surface area (Å²) in [4.78, 5) is 26.6. The summed E-state index contributed by atoms with van der Waals surface area (Å²) in [6.45, 7) is 4.45. The number of halogens is 2. The van der Waals surface area contributed by atoms with Crippen LogP contribution in [0.1, 0.15) is 107 Å². The molecule has 0 radical (unpaired) electrons. The van der Waals surface area contributed by atoms with Gasteiger partial charge in [-0.2, -0.15) is 0 Å². The number of hydrogen-bond donors (Lipinski definition) is 1. The van der Waals surface area contributed by atoms with Crippen LogP contribution in [-0.4, -0.2) is 25.6 Å². The zero-order valence-electron chi connectivity index (χ0n) is 29.8. The van der Waals surface area contributed by atoms with Crippen molar-refractivity contribution in [1.82, 2.24) is 4.57 Å². The van der Waals surface area contributed by atoms with E-state index < -0.39 is 16.8 Å². The first-order valence-corrected chi connectivity index (χ1v) is 20.7. The van der Waals surface area contributed by atoms with Crippen LogP contribution in [0.15, 0.2) is 93.3 Å². The van der Waals surface area contributed by atoms with Crippen LogP contribution in [0, 0.1) is 11.8 Å². The maximum Gasteiger partial charge on any atom is 0.305 e. The molecule has 0 aliphatic rings. The Morgan fingerprint density at radius 3 is 2.27 bits per heavy atom. The van der Waals surface area contributed by atoms with Gasteiger partial charge in [0.2, 0.25) is 0 Å². The zero-order valence-corrected chi connectivity index (χ0v) is 32.9. The van der Waals surface area contributed by atoms with Gasteiger partial charge in [0.1, 0.15) is 0 Å². The predicted molar refractivity (Wildman–Crippen MR) is 216 cm³/mol. The van der Waals surface area contributed by atoms with Crippen LogP contribution in [0.3, 0.4) is 0 Å². The molecule has 4 aromatic rings.